The van der Waals surface area contributed by atoms with Crippen LogP contribution in [0.15, 0.2) is 41.3 Å². The van der Waals surface area contributed by atoms with Crippen molar-refractivity contribution in [2.75, 3.05) is 27.3 Å². The Bertz CT molecular complexity index is 1560. The second kappa shape index (κ2) is 12.2. The lowest BCUT2D eigenvalue weighted by molar-refractivity contribution is -0.150. The van der Waals surface area contributed by atoms with Gasteiger partial charge in [0.2, 0.25) is 26.5 Å². The van der Waals surface area contributed by atoms with Crippen LogP contribution >= 0.6 is 11.6 Å². The Kier molecular flexibility index (Phi) is 9.12. The number of nitrogens with one attached hydrogen (secondary N) is 1. The largest absolute Gasteiger partial charge is 0.496 e. The van der Waals surface area contributed by atoms with Crippen LogP contribution in [0.5, 0.6) is 11.5 Å². The highest BCUT2D eigenvalue weighted by atomic mass is 35.5. The Morgan fingerprint density at radius 3 is 2.30 bits per heavy atom. The molecule has 3 heterocycles. The number of carbonyl (C=O) groups is 4. The fraction of sp³-hybridized carbons (Fsp3) is 0.429. The van der Waals surface area contributed by atoms with Crippen LogP contribution in [-0.2, 0) is 41.6 Å². The minimum Gasteiger partial charge on any atom is -0.496 e. The van der Waals surface area contributed by atoms with Gasteiger partial charge in [-0.15, -0.1) is 0 Å². The maximum absolute atomic E-state index is 13.7. The lowest BCUT2D eigenvalue weighted by Gasteiger charge is -2.44. The third kappa shape index (κ3) is 6.07. The summed E-state index contributed by atoms with van der Waals surface area (Å²) in [5, 5.41) is 2.99. The van der Waals surface area contributed by atoms with Gasteiger partial charge in [0.15, 0.2) is 5.78 Å². The first kappa shape index (κ1) is 32.3. The summed E-state index contributed by atoms with van der Waals surface area (Å²) in [6.07, 6.45) is -4.15. The summed E-state index contributed by atoms with van der Waals surface area (Å²) in [6.45, 7) is 0.325. The predicted molar refractivity (Wildman–Crippen MR) is 146 cm³/mol. The number of fused-ring (bicyclic) bond motifs is 1. The van der Waals surface area contributed by atoms with Crippen LogP contribution in [-0.4, -0.2) is 68.9 Å². The minimum absolute atomic E-state index is 0.000787. The lowest BCUT2D eigenvalue weighted by Crippen LogP contribution is -2.67. The van der Waals surface area contributed by atoms with Crippen molar-refractivity contribution in [1.29, 1.82) is 0 Å². The van der Waals surface area contributed by atoms with E-state index in [1.54, 1.807) is 18.2 Å². The zero-order valence-electron chi connectivity index (χ0n) is 23.1. The number of halogens is 4. The van der Waals surface area contributed by atoms with Gasteiger partial charge in [-0.05, 0) is 48.4 Å². The van der Waals surface area contributed by atoms with Crippen LogP contribution in [0.4, 0.5) is 13.2 Å². The molecule has 0 bridgehead atoms. The number of methoxy groups -OCH3 is 2. The van der Waals surface area contributed by atoms with E-state index in [1.165, 1.54) is 7.11 Å². The maximum atomic E-state index is 13.7. The number of nitrogens with zero attached hydrogens (tertiary/aromatic N) is 1. The van der Waals surface area contributed by atoms with Gasteiger partial charge < -0.3 is 19.7 Å². The van der Waals surface area contributed by atoms with E-state index < -0.39 is 55.4 Å². The van der Waals surface area contributed by atoms with Crippen LogP contribution in [0, 0.1) is 5.92 Å². The Labute approximate surface area is 250 Å². The Morgan fingerprint density at radius 1 is 1.00 bits per heavy atom. The van der Waals surface area contributed by atoms with Gasteiger partial charge in [0.05, 0.1) is 26.2 Å². The normalized spacial score (nSPS) is 22.1. The van der Waals surface area contributed by atoms with Crippen LogP contribution in [0.25, 0.3) is 0 Å². The SMILES string of the molecule is COc1ccc(Cl)cc1CC1CN2C(=O)CC2(S(=O)(=O)c2cc(C(F)(F)F)ccc2OC)C1=O.O=C1CCNC(=O)CC1. The predicted octanol–water partition coefficient (Wildman–Crippen LogP) is 3.38. The summed E-state index contributed by atoms with van der Waals surface area (Å²) < 4.78 is 77.6. The molecule has 3 saturated heterocycles. The van der Waals surface area contributed by atoms with Crippen LogP contribution < -0.4 is 14.8 Å². The second-order valence-corrected chi connectivity index (χ2v) is 12.8. The highest BCUT2D eigenvalue weighted by Crippen LogP contribution is 2.51. The number of rotatable bonds is 6. The third-order valence-corrected chi connectivity index (χ3v) is 10.2. The van der Waals surface area contributed by atoms with E-state index in [2.05, 4.69) is 5.32 Å². The molecule has 0 saturated carbocycles. The quantitative estimate of drug-likeness (QED) is 0.473. The zero-order valence-corrected chi connectivity index (χ0v) is 24.7. The van der Waals surface area contributed by atoms with Gasteiger partial charge in [0, 0.05) is 43.3 Å². The Morgan fingerprint density at radius 2 is 1.67 bits per heavy atom. The van der Waals surface area contributed by atoms with Gasteiger partial charge in [-0.2, -0.15) is 13.2 Å². The van der Waals surface area contributed by atoms with Crippen molar-refractivity contribution in [2.45, 2.75) is 48.0 Å². The molecular weight excluding hydrogens is 617 g/mol. The number of amides is 2. The first-order valence-corrected chi connectivity index (χ1v) is 15.0. The monoisotopic (exact) mass is 644 g/mol. The third-order valence-electron chi connectivity index (χ3n) is 7.58. The molecule has 3 fully saturated rings. The molecule has 0 aromatic heterocycles. The molecule has 1 N–H and O–H groups in total. The van der Waals surface area contributed by atoms with Crippen LogP contribution in [0.1, 0.15) is 36.8 Å². The molecule has 0 aliphatic carbocycles. The molecule has 3 aliphatic heterocycles. The molecular formula is C28H28ClF3N2O8S. The molecule has 2 aromatic rings. The van der Waals surface area contributed by atoms with E-state index in [1.807, 2.05) is 0 Å². The maximum Gasteiger partial charge on any atom is 0.416 e. The van der Waals surface area contributed by atoms with Gasteiger partial charge in [0.1, 0.15) is 22.2 Å². The average molecular weight is 645 g/mol. The first-order valence-electron chi connectivity index (χ1n) is 13.1. The van der Waals surface area contributed by atoms with E-state index >= 15 is 0 Å². The lowest BCUT2D eigenvalue weighted by atomic mass is 9.92. The number of carbonyl (C=O) groups excluding carboxylic acids is 4. The standard InChI is InChI=1S/C22H19ClF3NO6S.C6H9NO2/c1-32-16-6-4-15(23)8-12(16)7-13-11-27-19(28)10-21(27,20(13)29)34(30,31)18-9-14(22(24,25)26)3-5-17(18)33-2;8-5-1-2-6(9)7-4-3-5/h3-6,8-9,13H,7,10-11H2,1-2H3;1-4H2,(H,7,9). The van der Waals surface area contributed by atoms with Crippen molar-refractivity contribution in [1.82, 2.24) is 10.2 Å². The van der Waals surface area contributed by atoms with Crippen molar-refractivity contribution in [3.05, 3.63) is 52.5 Å². The van der Waals surface area contributed by atoms with E-state index in [-0.39, 0.29) is 30.4 Å². The number of benzene rings is 2. The number of β-lactam (4-membered cyclic amide) rings is 1. The Hall–Kier alpha value is -3.65. The van der Waals surface area contributed by atoms with E-state index in [9.17, 15) is 40.8 Å². The van der Waals surface area contributed by atoms with Gasteiger partial charge in [-0.3, -0.25) is 19.2 Å². The zero-order chi connectivity index (χ0) is 31.7. The number of Topliss-reactive ketones (excluding diaryl/α,β-unsaturated/α-hetero) is 2. The second-order valence-electron chi connectivity index (χ2n) is 10.2. The molecule has 2 atom stereocenters. The average Bonchev–Trinajstić information content (AvgIpc) is 3.04. The van der Waals surface area contributed by atoms with E-state index in [4.69, 9.17) is 21.1 Å². The summed E-state index contributed by atoms with van der Waals surface area (Å²) in [6, 6.07) is 6.75. The topological polar surface area (TPSA) is 136 Å². The summed E-state index contributed by atoms with van der Waals surface area (Å²) in [5.41, 5.74) is -0.682. The van der Waals surface area contributed by atoms with Crippen molar-refractivity contribution >= 4 is 44.8 Å². The van der Waals surface area contributed by atoms with E-state index in [0.29, 0.717) is 54.3 Å². The number of alkyl halides is 3. The van der Waals surface area contributed by atoms with Crippen molar-refractivity contribution in [3.8, 4) is 11.5 Å². The van der Waals surface area contributed by atoms with E-state index in [0.717, 1.165) is 18.1 Å². The summed E-state index contributed by atoms with van der Waals surface area (Å²) in [7, 11) is -2.26. The fourth-order valence-electron chi connectivity index (χ4n) is 5.35. The van der Waals surface area contributed by atoms with Gasteiger partial charge in [-0.25, -0.2) is 8.42 Å². The highest BCUT2D eigenvalue weighted by Gasteiger charge is 2.71. The van der Waals surface area contributed by atoms with Gasteiger partial charge >= 0.3 is 6.18 Å². The molecule has 3 aliphatic rings. The van der Waals surface area contributed by atoms with Crippen molar-refractivity contribution in [3.63, 3.8) is 0 Å². The van der Waals surface area contributed by atoms with Gasteiger partial charge in [0.25, 0.3) is 0 Å². The smallest absolute Gasteiger partial charge is 0.416 e. The molecule has 2 amide bonds. The number of sulfone groups is 1. The first-order chi connectivity index (χ1) is 20.1. The van der Waals surface area contributed by atoms with Gasteiger partial charge in [-0.1, -0.05) is 11.6 Å². The molecule has 2 unspecified atom stereocenters. The number of hydrogen-bond acceptors (Lipinski definition) is 8. The molecule has 43 heavy (non-hydrogen) atoms. The Balaban J connectivity index is 0.000000403. The van der Waals surface area contributed by atoms with Crippen molar-refractivity contribution in [2.24, 2.45) is 5.92 Å². The highest BCUT2D eigenvalue weighted by molar-refractivity contribution is 7.94. The molecule has 2 aromatic carbocycles. The number of hydrogen-bond donors (Lipinski definition) is 1. The van der Waals surface area contributed by atoms with Crippen LogP contribution in [0.3, 0.4) is 0 Å². The molecule has 10 nitrogen and oxygen atoms in total. The molecule has 5 rings (SSSR count). The fourth-order valence-corrected chi connectivity index (χ4v) is 7.82. The summed E-state index contributed by atoms with van der Waals surface area (Å²) in [5.74, 6) is -2.01. The van der Waals surface area contributed by atoms with Crippen LogP contribution in [0.2, 0.25) is 5.02 Å². The molecule has 15 heteroatoms. The van der Waals surface area contributed by atoms with Crippen molar-refractivity contribution < 1.29 is 50.2 Å². The minimum atomic E-state index is -4.82. The summed E-state index contributed by atoms with van der Waals surface area (Å²) in [4.78, 5) is 44.9. The molecule has 0 radical (unpaired) electrons. The summed E-state index contributed by atoms with van der Waals surface area (Å²) >= 11 is 6.05. The molecule has 232 valence electrons. The molecule has 0 spiro atoms. The number of ketones is 2. The number of ether oxygens (including phenoxy) is 2.